The second-order valence-corrected chi connectivity index (χ2v) is 7.59. The van der Waals surface area contributed by atoms with Crippen LogP contribution < -0.4 is 10.6 Å². The van der Waals surface area contributed by atoms with E-state index in [2.05, 4.69) is 29.5 Å². The molecule has 2 aliphatic rings. The number of furan rings is 1. The molecule has 128 valence electrons. The number of fused-ring (bicyclic) bond motifs is 1. The van der Waals surface area contributed by atoms with Crippen molar-refractivity contribution in [1.29, 1.82) is 0 Å². The largest absolute Gasteiger partial charge is 0.449 e. The fourth-order valence-corrected chi connectivity index (χ4v) is 4.95. The van der Waals surface area contributed by atoms with E-state index in [9.17, 15) is 4.79 Å². The van der Waals surface area contributed by atoms with E-state index in [0.29, 0.717) is 28.6 Å². The Kier molecular flexibility index (Phi) is 3.83. The summed E-state index contributed by atoms with van der Waals surface area (Å²) < 4.78 is 5.61. The van der Waals surface area contributed by atoms with Crippen molar-refractivity contribution in [3.05, 3.63) is 30.3 Å². The summed E-state index contributed by atoms with van der Waals surface area (Å²) >= 11 is 0. The van der Waals surface area contributed by atoms with Crippen LogP contribution in [0.15, 0.2) is 28.9 Å². The molecule has 2 atom stereocenters. The Morgan fingerprint density at radius 1 is 1.46 bits per heavy atom. The summed E-state index contributed by atoms with van der Waals surface area (Å²) in [5, 5.41) is 7.48. The number of aromatic nitrogens is 1. The van der Waals surface area contributed by atoms with Gasteiger partial charge in [-0.15, -0.1) is 0 Å². The van der Waals surface area contributed by atoms with Crippen molar-refractivity contribution in [3.8, 4) is 0 Å². The van der Waals surface area contributed by atoms with Crippen LogP contribution in [0.3, 0.4) is 0 Å². The van der Waals surface area contributed by atoms with Crippen LogP contribution in [0.2, 0.25) is 0 Å². The quantitative estimate of drug-likeness (QED) is 0.906. The molecular formula is C19H25N3O2. The monoisotopic (exact) mass is 327 g/mol. The maximum Gasteiger partial charge on any atom is 0.287 e. The molecule has 1 aliphatic heterocycles. The molecule has 2 fully saturated rings. The third-order valence-electron chi connectivity index (χ3n) is 6.01. The van der Waals surface area contributed by atoms with Crippen molar-refractivity contribution in [2.24, 2.45) is 23.2 Å². The molecule has 24 heavy (non-hydrogen) atoms. The summed E-state index contributed by atoms with van der Waals surface area (Å²) in [7, 11) is 0. The van der Waals surface area contributed by atoms with E-state index in [1.807, 2.05) is 6.07 Å². The van der Waals surface area contributed by atoms with Crippen LogP contribution in [0.4, 0.5) is 0 Å². The van der Waals surface area contributed by atoms with E-state index >= 15 is 0 Å². The fraction of sp³-hybridized carbons (Fsp3) is 0.579. The molecule has 0 radical (unpaired) electrons. The molecule has 5 nitrogen and oxygen atoms in total. The van der Waals surface area contributed by atoms with Crippen molar-refractivity contribution in [2.45, 2.75) is 26.7 Å². The van der Waals surface area contributed by atoms with Crippen molar-refractivity contribution in [3.63, 3.8) is 0 Å². The molecule has 5 heteroatoms. The number of amides is 1. The molecule has 0 bridgehead atoms. The second kappa shape index (κ2) is 5.88. The number of hydrogen-bond donors (Lipinski definition) is 2. The van der Waals surface area contributed by atoms with Crippen LogP contribution in [0.25, 0.3) is 11.0 Å². The Hall–Kier alpha value is -1.88. The van der Waals surface area contributed by atoms with Gasteiger partial charge in [-0.3, -0.25) is 9.78 Å². The first kappa shape index (κ1) is 15.6. The van der Waals surface area contributed by atoms with Gasteiger partial charge < -0.3 is 15.1 Å². The Balaban J connectivity index is 1.43. The molecule has 1 amide bonds. The van der Waals surface area contributed by atoms with Crippen molar-refractivity contribution < 1.29 is 9.21 Å². The first-order chi connectivity index (χ1) is 11.6. The summed E-state index contributed by atoms with van der Waals surface area (Å²) in [5.41, 5.74) is 1.09. The third-order valence-corrected chi connectivity index (χ3v) is 6.01. The van der Waals surface area contributed by atoms with Crippen LogP contribution in [0, 0.1) is 23.2 Å². The number of nitrogens with one attached hydrogen (secondary N) is 2. The van der Waals surface area contributed by atoms with Gasteiger partial charge >= 0.3 is 0 Å². The molecule has 2 unspecified atom stereocenters. The van der Waals surface area contributed by atoms with E-state index < -0.39 is 0 Å². The highest BCUT2D eigenvalue weighted by Gasteiger charge is 2.64. The van der Waals surface area contributed by atoms with Gasteiger partial charge in [0.2, 0.25) is 0 Å². The second-order valence-electron chi connectivity index (χ2n) is 7.59. The Morgan fingerprint density at radius 3 is 2.96 bits per heavy atom. The van der Waals surface area contributed by atoms with Crippen LogP contribution in [-0.4, -0.2) is 30.5 Å². The van der Waals surface area contributed by atoms with Crippen LogP contribution >= 0.6 is 0 Å². The lowest BCUT2D eigenvalue weighted by Gasteiger charge is -2.25. The normalized spacial score (nSPS) is 25.3. The zero-order chi connectivity index (χ0) is 16.7. The lowest BCUT2D eigenvalue weighted by molar-refractivity contribution is 0.0923. The summed E-state index contributed by atoms with van der Waals surface area (Å²) in [4.78, 5) is 16.5. The molecule has 2 N–H and O–H groups in total. The van der Waals surface area contributed by atoms with Gasteiger partial charge in [0, 0.05) is 18.1 Å². The van der Waals surface area contributed by atoms with Crippen molar-refractivity contribution in [2.75, 3.05) is 19.6 Å². The van der Waals surface area contributed by atoms with Gasteiger partial charge in [0.05, 0.1) is 6.20 Å². The van der Waals surface area contributed by atoms with Crippen molar-refractivity contribution in [1.82, 2.24) is 15.6 Å². The predicted octanol–water partition coefficient (Wildman–Crippen LogP) is 2.83. The van der Waals surface area contributed by atoms with E-state index in [-0.39, 0.29) is 5.91 Å². The number of piperidine rings is 1. The molecule has 3 heterocycles. The minimum absolute atomic E-state index is 0.121. The highest BCUT2D eigenvalue weighted by molar-refractivity contribution is 5.95. The number of carbonyl (C=O) groups excluding carboxylic acids is 1. The topological polar surface area (TPSA) is 67.2 Å². The lowest BCUT2D eigenvalue weighted by Crippen LogP contribution is -2.33. The summed E-state index contributed by atoms with van der Waals surface area (Å²) in [6.45, 7) is 7.57. The molecule has 0 aromatic carbocycles. The molecular weight excluding hydrogens is 302 g/mol. The molecule has 4 rings (SSSR count). The standard InChI is InChI=1S/C19H25N3O2/c1-12(2)17-14(19(17)4-7-20-8-5-19)10-22-18(23)15-9-13-3-6-21-11-16(13)24-15/h3,6,9,11-12,14,17,20H,4-5,7-8,10H2,1-2H3,(H,22,23). The smallest absolute Gasteiger partial charge is 0.287 e. The van der Waals surface area contributed by atoms with Gasteiger partial charge in [0.25, 0.3) is 5.91 Å². The number of rotatable bonds is 4. The maximum atomic E-state index is 12.5. The Morgan fingerprint density at radius 2 is 2.25 bits per heavy atom. The summed E-state index contributed by atoms with van der Waals surface area (Å²) in [6, 6.07) is 3.65. The fourth-order valence-electron chi connectivity index (χ4n) is 4.95. The SMILES string of the molecule is CC(C)C1C(CNC(=O)c2cc3ccncc3o2)C12CCNCC2. The zero-order valence-corrected chi connectivity index (χ0v) is 14.3. The number of pyridine rings is 1. The number of nitrogens with zero attached hydrogens (tertiary/aromatic N) is 1. The molecule has 2 aromatic rings. The Bertz CT molecular complexity index is 713. The van der Waals surface area contributed by atoms with E-state index in [1.165, 1.54) is 12.8 Å². The summed E-state index contributed by atoms with van der Waals surface area (Å²) in [6.07, 6.45) is 5.81. The number of carbonyl (C=O) groups is 1. The lowest BCUT2D eigenvalue weighted by atomic mass is 9.87. The number of hydrogen-bond acceptors (Lipinski definition) is 4. The third kappa shape index (κ3) is 2.51. The van der Waals surface area contributed by atoms with E-state index in [4.69, 9.17) is 4.42 Å². The van der Waals surface area contributed by atoms with Crippen LogP contribution in [0.5, 0.6) is 0 Å². The average molecular weight is 327 g/mol. The predicted molar refractivity (Wildman–Crippen MR) is 92.7 cm³/mol. The Labute approximate surface area is 142 Å². The van der Waals surface area contributed by atoms with Gasteiger partial charge in [0.1, 0.15) is 0 Å². The van der Waals surface area contributed by atoms with Gasteiger partial charge in [-0.2, -0.15) is 0 Å². The summed E-state index contributed by atoms with van der Waals surface area (Å²) in [5.74, 6) is 2.24. The van der Waals surface area contributed by atoms with Crippen molar-refractivity contribution >= 4 is 16.9 Å². The maximum absolute atomic E-state index is 12.5. The van der Waals surface area contributed by atoms with E-state index in [1.54, 1.807) is 18.5 Å². The van der Waals surface area contributed by atoms with Crippen LogP contribution in [-0.2, 0) is 0 Å². The molecule has 1 saturated heterocycles. The highest BCUT2D eigenvalue weighted by atomic mass is 16.3. The first-order valence-corrected chi connectivity index (χ1v) is 8.94. The molecule has 1 spiro atoms. The molecule has 1 saturated carbocycles. The highest BCUT2D eigenvalue weighted by Crippen LogP contribution is 2.66. The zero-order valence-electron chi connectivity index (χ0n) is 14.3. The van der Waals surface area contributed by atoms with Gasteiger partial charge in [-0.25, -0.2) is 0 Å². The molecule has 1 aliphatic carbocycles. The van der Waals surface area contributed by atoms with Gasteiger partial charge in [0.15, 0.2) is 11.3 Å². The van der Waals surface area contributed by atoms with Crippen LogP contribution in [0.1, 0.15) is 37.2 Å². The van der Waals surface area contributed by atoms with E-state index in [0.717, 1.165) is 30.9 Å². The molecule has 2 aromatic heterocycles. The minimum Gasteiger partial charge on any atom is -0.449 e. The minimum atomic E-state index is -0.121. The van der Waals surface area contributed by atoms with Gasteiger partial charge in [-0.05, 0) is 61.2 Å². The average Bonchev–Trinajstić information content (AvgIpc) is 2.98. The first-order valence-electron chi connectivity index (χ1n) is 8.94. The van der Waals surface area contributed by atoms with Gasteiger partial charge in [-0.1, -0.05) is 13.8 Å².